The van der Waals surface area contributed by atoms with E-state index in [1.807, 2.05) is 23.9 Å². The number of hydrogen-bond acceptors (Lipinski definition) is 6. The number of carbonyl (C=O) groups excluding carboxylic acids is 1. The highest BCUT2D eigenvalue weighted by Gasteiger charge is 2.29. The molecule has 1 amide bonds. The molecule has 1 saturated heterocycles. The topological polar surface area (TPSA) is 65.7 Å². The number of nitrogens with two attached hydrogens (primary N) is 1. The van der Waals surface area contributed by atoms with Crippen LogP contribution in [0.4, 0.5) is 10.9 Å². The molecular weight excluding hydrogens is 286 g/mol. The van der Waals surface area contributed by atoms with Crippen molar-refractivity contribution in [3.8, 4) is 0 Å². The van der Waals surface area contributed by atoms with Crippen LogP contribution in [-0.2, 0) is 0 Å². The molecule has 0 radical (unpaired) electrons. The van der Waals surface area contributed by atoms with Crippen LogP contribution < -0.4 is 10.6 Å². The molecule has 1 aliphatic rings. The van der Waals surface area contributed by atoms with Crippen molar-refractivity contribution in [1.82, 2.24) is 14.8 Å². The van der Waals surface area contributed by atoms with Crippen molar-refractivity contribution in [2.24, 2.45) is 0 Å². The average molecular weight is 311 g/mol. The molecule has 1 atom stereocenters. The number of amides is 1. The largest absolute Gasteiger partial charge is 0.382 e. The summed E-state index contributed by atoms with van der Waals surface area (Å²) in [5, 5.41) is 0.774. The fraction of sp³-hybridized carbons (Fsp3) is 0.714. The van der Waals surface area contributed by atoms with Crippen molar-refractivity contribution in [3.63, 3.8) is 0 Å². The molecule has 7 heteroatoms. The quantitative estimate of drug-likeness (QED) is 0.913. The summed E-state index contributed by atoms with van der Waals surface area (Å²) >= 11 is 1.37. The van der Waals surface area contributed by atoms with Crippen LogP contribution in [0.5, 0.6) is 0 Å². The van der Waals surface area contributed by atoms with E-state index in [0.29, 0.717) is 10.7 Å². The molecular formula is C14H25N5OS. The number of rotatable bonds is 3. The van der Waals surface area contributed by atoms with Crippen LogP contribution >= 0.6 is 11.3 Å². The summed E-state index contributed by atoms with van der Waals surface area (Å²) < 4.78 is 0. The monoisotopic (exact) mass is 311 g/mol. The van der Waals surface area contributed by atoms with Crippen LogP contribution in [0.3, 0.4) is 0 Å². The lowest BCUT2D eigenvalue weighted by Crippen LogP contribution is -2.43. The number of nitrogens with zero attached hydrogens (tertiary/aromatic N) is 4. The van der Waals surface area contributed by atoms with E-state index in [0.717, 1.165) is 37.6 Å². The van der Waals surface area contributed by atoms with E-state index in [9.17, 15) is 4.79 Å². The van der Waals surface area contributed by atoms with Crippen molar-refractivity contribution in [1.29, 1.82) is 0 Å². The molecule has 2 N–H and O–H groups in total. The van der Waals surface area contributed by atoms with Crippen LogP contribution in [0.25, 0.3) is 0 Å². The van der Waals surface area contributed by atoms with Crippen LogP contribution in [0.2, 0.25) is 0 Å². The number of hydrogen-bond donors (Lipinski definition) is 1. The lowest BCUT2D eigenvalue weighted by Gasteiger charge is -2.29. The van der Waals surface area contributed by atoms with Gasteiger partial charge in [-0.05, 0) is 26.4 Å². The van der Waals surface area contributed by atoms with E-state index in [4.69, 9.17) is 5.73 Å². The van der Waals surface area contributed by atoms with Crippen LogP contribution in [0, 0.1) is 0 Å². The summed E-state index contributed by atoms with van der Waals surface area (Å²) in [5.41, 5.74) is 5.95. The highest BCUT2D eigenvalue weighted by molar-refractivity contribution is 7.18. The highest BCUT2D eigenvalue weighted by Crippen LogP contribution is 2.29. The Hall–Kier alpha value is -1.34. The summed E-state index contributed by atoms with van der Waals surface area (Å²) in [5.74, 6) is 0.376. The molecule has 0 bridgehead atoms. The number of likely N-dealkylation sites (N-methyl/N-ethyl adjacent to an activating group) is 1. The first-order valence-corrected chi connectivity index (χ1v) is 8.18. The number of aromatic nitrogens is 1. The normalized spacial score (nSPS) is 20.4. The fourth-order valence-corrected chi connectivity index (χ4v) is 3.52. The van der Waals surface area contributed by atoms with E-state index in [1.165, 1.54) is 11.3 Å². The Morgan fingerprint density at radius 2 is 2.19 bits per heavy atom. The SMILES string of the molecule is CCC1CN(C)CCCN1C(=O)c1sc(N(C)C)nc1N. The minimum atomic E-state index is 0.0280. The molecule has 1 aromatic heterocycles. The minimum absolute atomic E-state index is 0.0280. The first kappa shape index (κ1) is 16.0. The van der Waals surface area contributed by atoms with Gasteiger partial charge in [0.15, 0.2) is 5.13 Å². The Kier molecular flexibility index (Phi) is 5.05. The summed E-state index contributed by atoms with van der Waals surface area (Å²) in [6.07, 6.45) is 1.95. The number of thiazole rings is 1. The number of anilines is 2. The number of carbonyl (C=O) groups is 1. The lowest BCUT2D eigenvalue weighted by molar-refractivity contribution is 0.0681. The molecule has 0 aromatic carbocycles. The van der Waals surface area contributed by atoms with Gasteiger partial charge in [0.1, 0.15) is 10.7 Å². The van der Waals surface area contributed by atoms with Gasteiger partial charge in [-0.2, -0.15) is 0 Å². The smallest absolute Gasteiger partial charge is 0.268 e. The summed E-state index contributed by atoms with van der Waals surface area (Å²) in [6, 6.07) is 0.245. The Morgan fingerprint density at radius 1 is 1.48 bits per heavy atom. The van der Waals surface area contributed by atoms with Gasteiger partial charge in [-0.1, -0.05) is 18.3 Å². The fourth-order valence-electron chi connectivity index (χ4n) is 2.66. The maximum atomic E-state index is 12.9. The predicted octanol–water partition coefficient (Wildman–Crippen LogP) is 1.35. The third-order valence-electron chi connectivity index (χ3n) is 3.85. The van der Waals surface area contributed by atoms with Gasteiger partial charge < -0.3 is 20.4 Å². The van der Waals surface area contributed by atoms with Gasteiger partial charge >= 0.3 is 0 Å². The second kappa shape index (κ2) is 6.62. The minimum Gasteiger partial charge on any atom is -0.382 e. The Balaban J connectivity index is 2.24. The van der Waals surface area contributed by atoms with E-state index in [1.54, 1.807) is 0 Å². The third-order valence-corrected chi connectivity index (χ3v) is 5.08. The molecule has 0 aliphatic carbocycles. The van der Waals surface area contributed by atoms with Gasteiger partial charge in [0, 0.05) is 33.2 Å². The van der Waals surface area contributed by atoms with Gasteiger partial charge in [-0.25, -0.2) is 4.98 Å². The number of nitrogen functional groups attached to an aromatic ring is 1. The van der Waals surface area contributed by atoms with Crippen LogP contribution in [0.15, 0.2) is 0 Å². The third kappa shape index (κ3) is 3.47. The van der Waals surface area contributed by atoms with Gasteiger partial charge in [-0.15, -0.1) is 0 Å². The van der Waals surface area contributed by atoms with Gasteiger partial charge in [0.25, 0.3) is 5.91 Å². The molecule has 6 nitrogen and oxygen atoms in total. The molecule has 1 aromatic rings. The first-order valence-electron chi connectivity index (χ1n) is 7.37. The Labute approximate surface area is 130 Å². The van der Waals surface area contributed by atoms with Gasteiger partial charge in [-0.3, -0.25) is 4.79 Å². The second-order valence-corrected chi connectivity index (χ2v) is 6.76. The van der Waals surface area contributed by atoms with E-state index < -0.39 is 0 Å². The predicted molar refractivity (Wildman–Crippen MR) is 88.1 cm³/mol. The van der Waals surface area contributed by atoms with Gasteiger partial charge in [0.2, 0.25) is 0 Å². The first-order chi connectivity index (χ1) is 9.93. The molecule has 1 unspecified atom stereocenters. The van der Waals surface area contributed by atoms with E-state index >= 15 is 0 Å². The average Bonchev–Trinajstić information content (AvgIpc) is 2.72. The molecule has 2 heterocycles. The van der Waals surface area contributed by atoms with Crippen molar-refractivity contribution in [3.05, 3.63) is 4.88 Å². The summed E-state index contributed by atoms with van der Waals surface area (Å²) in [4.78, 5) is 23.9. The Morgan fingerprint density at radius 3 is 2.76 bits per heavy atom. The van der Waals surface area contributed by atoms with Crippen LogP contribution in [0.1, 0.15) is 29.4 Å². The van der Waals surface area contributed by atoms with Crippen molar-refractivity contribution in [2.75, 3.05) is 51.4 Å². The van der Waals surface area contributed by atoms with Crippen molar-refractivity contribution in [2.45, 2.75) is 25.8 Å². The molecule has 1 fully saturated rings. The lowest BCUT2D eigenvalue weighted by atomic mass is 10.2. The maximum Gasteiger partial charge on any atom is 0.268 e. The highest BCUT2D eigenvalue weighted by atomic mass is 32.1. The maximum absolute atomic E-state index is 12.9. The zero-order valence-corrected chi connectivity index (χ0v) is 14.1. The summed E-state index contributed by atoms with van der Waals surface area (Å²) in [6.45, 7) is 4.87. The van der Waals surface area contributed by atoms with Crippen molar-refractivity contribution < 1.29 is 4.79 Å². The van der Waals surface area contributed by atoms with Crippen LogP contribution in [-0.4, -0.2) is 67.5 Å². The standard InChI is InChI=1S/C14H25N5OS/c1-5-10-9-18(4)7-6-8-19(10)13(20)11-12(15)16-14(21-11)17(2)3/h10H,5-9,15H2,1-4H3. The molecule has 2 rings (SSSR count). The molecule has 21 heavy (non-hydrogen) atoms. The van der Waals surface area contributed by atoms with E-state index in [2.05, 4.69) is 23.9 Å². The molecule has 1 aliphatic heterocycles. The summed E-state index contributed by atoms with van der Waals surface area (Å²) in [7, 11) is 5.92. The zero-order chi connectivity index (χ0) is 15.6. The molecule has 0 spiro atoms. The van der Waals surface area contributed by atoms with Crippen molar-refractivity contribution >= 4 is 28.2 Å². The van der Waals surface area contributed by atoms with E-state index in [-0.39, 0.29) is 11.9 Å². The molecule has 0 saturated carbocycles. The molecule has 118 valence electrons. The van der Waals surface area contributed by atoms with Gasteiger partial charge in [0.05, 0.1) is 0 Å². The Bertz CT molecular complexity index is 502. The zero-order valence-electron chi connectivity index (χ0n) is 13.3. The second-order valence-electron chi connectivity index (χ2n) is 5.78.